The monoisotopic (exact) mass is 302 g/mol. The van der Waals surface area contributed by atoms with E-state index in [0.29, 0.717) is 6.42 Å². The molecule has 0 spiro atoms. The van der Waals surface area contributed by atoms with Crippen molar-refractivity contribution in [2.45, 2.75) is 70.8 Å². The van der Waals surface area contributed by atoms with Crippen LogP contribution in [0.15, 0.2) is 48.6 Å². The fourth-order valence-corrected chi connectivity index (χ4v) is 2.29. The van der Waals surface area contributed by atoms with Crippen LogP contribution in [-0.2, 0) is 9.53 Å². The highest BCUT2D eigenvalue weighted by atomic mass is 16.5. The van der Waals surface area contributed by atoms with Crippen molar-refractivity contribution < 1.29 is 9.53 Å². The molecule has 122 valence electrons. The van der Waals surface area contributed by atoms with Gasteiger partial charge in [0.2, 0.25) is 0 Å². The smallest absolute Gasteiger partial charge is 0.306 e. The summed E-state index contributed by atoms with van der Waals surface area (Å²) in [6.07, 6.45) is 25.6. The molecule has 22 heavy (non-hydrogen) atoms. The third-order valence-electron chi connectivity index (χ3n) is 3.64. The minimum Gasteiger partial charge on any atom is -0.462 e. The number of rotatable bonds is 1. The molecule has 1 aliphatic rings. The molecule has 1 rings (SSSR count). The molecule has 0 aromatic rings. The van der Waals surface area contributed by atoms with E-state index in [1.165, 1.54) is 0 Å². The van der Waals surface area contributed by atoms with Crippen LogP contribution in [0.1, 0.15) is 64.7 Å². The van der Waals surface area contributed by atoms with Gasteiger partial charge in [0.05, 0.1) is 0 Å². The van der Waals surface area contributed by atoms with Gasteiger partial charge in [-0.1, -0.05) is 55.5 Å². The Morgan fingerprint density at radius 1 is 0.909 bits per heavy atom. The molecule has 1 unspecified atom stereocenters. The Balaban J connectivity index is 2.48. The van der Waals surface area contributed by atoms with E-state index >= 15 is 0 Å². The standard InChI is InChI=1S/C20H30O2/c1-2-19-17-15-13-11-9-7-5-3-4-6-8-10-12-14-16-18-20(21)22-19/h4-7,10-13,19H,2-3,8-9,14-18H2,1H3/b6-4-,7-5-,12-10-,13-11-. The van der Waals surface area contributed by atoms with E-state index in [4.69, 9.17) is 4.74 Å². The van der Waals surface area contributed by atoms with Crippen molar-refractivity contribution in [3.63, 3.8) is 0 Å². The third kappa shape index (κ3) is 10.2. The van der Waals surface area contributed by atoms with Gasteiger partial charge in [-0.3, -0.25) is 4.79 Å². The van der Waals surface area contributed by atoms with E-state index in [2.05, 4.69) is 55.5 Å². The Kier molecular flexibility index (Phi) is 11.0. The summed E-state index contributed by atoms with van der Waals surface area (Å²) in [7, 11) is 0. The van der Waals surface area contributed by atoms with Gasteiger partial charge in [0.25, 0.3) is 0 Å². The largest absolute Gasteiger partial charge is 0.462 e. The Hall–Kier alpha value is -1.57. The summed E-state index contributed by atoms with van der Waals surface area (Å²) in [4.78, 5) is 11.8. The lowest BCUT2D eigenvalue weighted by Crippen LogP contribution is -2.17. The fraction of sp³-hybridized carbons (Fsp3) is 0.550. The first-order chi connectivity index (χ1) is 10.8. The highest BCUT2D eigenvalue weighted by Gasteiger charge is 2.11. The molecule has 0 saturated heterocycles. The maximum atomic E-state index is 11.8. The summed E-state index contributed by atoms with van der Waals surface area (Å²) >= 11 is 0. The number of esters is 1. The normalized spacial score (nSPS) is 28.4. The van der Waals surface area contributed by atoms with Gasteiger partial charge in [-0.25, -0.2) is 0 Å². The maximum absolute atomic E-state index is 11.8. The molecule has 0 amide bonds. The van der Waals surface area contributed by atoms with Crippen LogP contribution in [0.4, 0.5) is 0 Å². The van der Waals surface area contributed by atoms with Crippen molar-refractivity contribution in [3.05, 3.63) is 48.6 Å². The molecule has 0 fully saturated rings. The first kappa shape index (κ1) is 18.5. The molecule has 0 N–H and O–H groups in total. The van der Waals surface area contributed by atoms with Crippen LogP contribution in [0.2, 0.25) is 0 Å². The minimum atomic E-state index is -0.0509. The summed E-state index contributed by atoms with van der Waals surface area (Å²) in [5.74, 6) is -0.0509. The fourth-order valence-electron chi connectivity index (χ4n) is 2.29. The van der Waals surface area contributed by atoms with Gasteiger partial charge in [-0.2, -0.15) is 0 Å². The molecule has 0 radical (unpaired) electrons. The molecule has 2 nitrogen and oxygen atoms in total. The number of ether oxygens (including phenoxy) is 1. The second kappa shape index (κ2) is 13.1. The summed E-state index contributed by atoms with van der Waals surface area (Å²) < 4.78 is 5.54. The summed E-state index contributed by atoms with van der Waals surface area (Å²) in [6.45, 7) is 2.08. The first-order valence-electron chi connectivity index (χ1n) is 8.62. The van der Waals surface area contributed by atoms with E-state index in [-0.39, 0.29) is 12.1 Å². The zero-order chi connectivity index (χ0) is 15.9. The van der Waals surface area contributed by atoms with E-state index in [0.717, 1.165) is 51.4 Å². The van der Waals surface area contributed by atoms with Crippen molar-refractivity contribution in [3.8, 4) is 0 Å². The number of hydrogen-bond acceptors (Lipinski definition) is 2. The van der Waals surface area contributed by atoms with Crippen LogP contribution in [0.3, 0.4) is 0 Å². The Bertz CT molecular complexity index is 402. The van der Waals surface area contributed by atoms with Crippen LogP contribution in [-0.4, -0.2) is 12.1 Å². The Morgan fingerprint density at radius 3 is 2.05 bits per heavy atom. The van der Waals surface area contributed by atoms with Crippen molar-refractivity contribution in [1.29, 1.82) is 0 Å². The predicted octanol–water partition coefficient (Wildman–Crippen LogP) is 5.67. The predicted molar refractivity (Wildman–Crippen MR) is 93.7 cm³/mol. The molecule has 0 aliphatic carbocycles. The van der Waals surface area contributed by atoms with Crippen LogP contribution in [0.25, 0.3) is 0 Å². The molecule has 0 saturated carbocycles. The lowest BCUT2D eigenvalue weighted by atomic mass is 10.1. The Labute approximate surface area is 135 Å². The molecular weight excluding hydrogens is 272 g/mol. The lowest BCUT2D eigenvalue weighted by Gasteiger charge is -2.15. The molecule has 0 aromatic heterocycles. The van der Waals surface area contributed by atoms with Crippen LogP contribution < -0.4 is 0 Å². The zero-order valence-electron chi connectivity index (χ0n) is 13.9. The molecule has 1 heterocycles. The molecular formula is C20H30O2. The maximum Gasteiger partial charge on any atom is 0.306 e. The van der Waals surface area contributed by atoms with E-state index in [1.807, 2.05) is 0 Å². The van der Waals surface area contributed by atoms with E-state index in [1.54, 1.807) is 0 Å². The molecule has 1 atom stereocenters. The molecule has 1 aliphatic heterocycles. The summed E-state index contributed by atoms with van der Waals surface area (Å²) in [6, 6.07) is 0. The van der Waals surface area contributed by atoms with Crippen LogP contribution in [0.5, 0.6) is 0 Å². The number of cyclic esters (lactones) is 1. The number of carbonyl (C=O) groups excluding carboxylic acids is 1. The second-order valence-electron chi connectivity index (χ2n) is 5.58. The summed E-state index contributed by atoms with van der Waals surface area (Å²) in [5, 5.41) is 0. The summed E-state index contributed by atoms with van der Waals surface area (Å²) in [5.41, 5.74) is 0. The zero-order valence-corrected chi connectivity index (χ0v) is 13.9. The highest BCUT2D eigenvalue weighted by Crippen LogP contribution is 2.10. The van der Waals surface area contributed by atoms with E-state index < -0.39 is 0 Å². The first-order valence-corrected chi connectivity index (χ1v) is 8.62. The highest BCUT2D eigenvalue weighted by molar-refractivity contribution is 5.69. The number of allylic oxidation sites excluding steroid dienone is 8. The van der Waals surface area contributed by atoms with Gasteiger partial charge >= 0.3 is 5.97 Å². The SMILES string of the molecule is CCC1CC/C=C\C/C=C\C/C=C\C/C=C\CCCC(=O)O1. The molecule has 0 aromatic carbocycles. The van der Waals surface area contributed by atoms with Gasteiger partial charge in [-0.05, 0) is 51.4 Å². The Morgan fingerprint density at radius 2 is 1.45 bits per heavy atom. The number of hydrogen-bond donors (Lipinski definition) is 0. The second-order valence-corrected chi connectivity index (χ2v) is 5.58. The molecule has 0 bridgehead atoms. The van der Waals surface area contributed by atoms with Crippen molar-refractivity contribution >= 4 is 5.97 Å². The van der Waals surface area contributed by atoms with Gasteiger partial charge in [-0.15, -0.1) is 0 Å². The number of carbonyl (C=O) groups is 1. The quantitative estimate of drug-likeness (QED) is 0.461. The van der Waals surface area contributed by atoms with Gasteiger partial charge in [0, 0.05) is 6.42 Å². The average Bonchev–Trinajstić information content (AvgIpc) is 2.52. The topological polar surface area (TPSA) is 26.3 Å². The van der Waals surface area contributed by atoms with Crippen molar-refractivity contribution in [2.75, 3.05) is 0 Å². The average molecular weight is 302 g/mol. The van der Waals surface area contributed by atoms with Crippen molar-refractivity contribution in [2.24, 2.45) is 0 Å². The van der Waals surface area contributed by atoms with E-state index in [9.17, 15) is 4.79 Å². The molecule has 2 heteroatoms. The van der Waals surface area contributed by atoms with Crippen molar-refractivity contribution in [1.82, 2.24) is 0 Å². The van der Waals surface area contributed by atoms with Gasteiger partial charge < -0.3 is 4.74 Å². The van der Waals surface area contributed by atoms with Crippen LogP contribution in [0, 0.1) is 0 Å². The minimum absolute atomic E-state index is 0.0509. The van der Waals surface area contributed by atoms with Gasteiger partial charge in [0.1, 0.15) is 6.10 Å². The van der Waals surface area contributed by atoms with Crippen LogP contribution >= 0.6 is 0 Å². The third-order valence-corrected chi connectivity index (χ3v) is 3.64. The lowest BCUT2D eigenvalue weighted by molar-refractivity contribution is -0.149. The van der Waals surface area contributed by atoms with Gasteiger partial charge in [0.15, 0.2) is 0 Å².